The number of para-hydroxylation sites is 2. The SMILES string of the molecule is CN(C)S(=O)(=O)N1CCC(CNC(=O)Cn2c(=O)oc3ccccc32)CC1. The number of piperidine rings is 1. The van der Waals surface area contributed by atoms with Crippen LogP contribution in [0.2, 0.25) is 0 Å². The van der Waals surface area contributed by atoms with Crippen LogP contribution in [-0.4, -0.2) is 61.2 Å². The van der Waals surface area contributed by atoms with Crippen molar-refractivity contribution in [1.29, 1.82) is 0 Å². The summed E-state index contributed by atoms with van der Waals surface area (Å²) in [4.78, 5) is 24.2. The van der Waals surface area contributed by atoms with Crippen LogP contribution in [-0.2, 0) is 21.5 Å². The number of nitrogens with zero attached hydrogens (tertiary/aromatic N) is 3. The molecular formula is C17H24N4O5S. The summed E-state index contributed by atoms with van der Waals surface area (Å²) in [6.07, 6.45) is 1.36. The summed E-state index contributed by atoms with van der Waals surface area (Å²) < 4.78 is 33.3. The molecule has 148 valence electrons. The van der Waals surface area contributed by atoms with E-state index < -0.39 is 16.0 Å². The van der Waals surface area contributed by atoms with Gasteiger partial charge in [0, 0.05) is 33.7 Å². The Labute approximate surface area is 157 Å². The van der Waals surface area contributed by atoms with E-state index in [1.54, 1.807) is 24.3 Å². The number of carbonyl (C=O) groups is 1. The number of hydrogen-bond acceptors (Lipinski definition) is 5. The Hall–Kier alpha value is -2.17. The lowest BCUT2D eigenvalue weighted by atomic mass is 9.98. The van der Waals surface area contributed by atoms with Crippen molar-refractivity contribution in [3.63, 3.8) is 0 Å². The molecule has 1 amide bonds. The van der Waals surface area contributed by atoms with Crippen molar-refractivity contribution in [2.45, 2.75) is 19.4 Å². The maximum atomic E-state index is 12.2. The van der Waals surface area contributed by atoms with Crippen molar-refractivity contribution >= 4 is 27.2 Å². The van der Waals surface area contributed by atoms with Crippen LogP contribution in [0.15, 0.2) is 33.5 Å². The molecule has 2 heterocycles. The third-order valence-electron chi connectivity index (χ3n) is 4.82. The molecule has 9 nitrogen and oxygen atoms in total. The highest BCUT2D eigenvalue weighted by molar-refractivity contribution is 7.86. The lowest BCUT2D eigenvalue weighted by Crippen LogP contribution is -2.46. The van der Waals surface area contributed by atoms with Crippen LogP contribution in [0.3, 0.4) is 0 Å². The smallest absolute Gasteiger partial charge is 0.408 e. The van der Waals surface area contributed by atoms with Crippen LogP contribution in [0.4, 0.5) is 0 Å². The van der Waals surface area contributed by atoms with Crippen LogP contribution < -0.4 is 11.1 Å². The van der Waals surface area contributed by atoms with Crippen LogP contribution in [0, 0.1) is 5.92 Å². The first-order valence-corrected chi connectivity index (χ1v) is 10.2. The van der Waals surface area contributed by atoms with E-state index >= 15 is 0 Å². The molecule has 0 spiro atoms. The molecule has 0 atom stereocenters. The van der Waals surface area contributed by atoms with Crippen molar-refractivity contribution in [2.75, 3.05) is 33.7 Å². The van der Waals surface area contributed by atoms with Gasteiger partial charge in [0.1, 0.15) is 6.54 Å². The molecule has 1 aliphatic heterocycles. The summed E-state index contributed by atoms with van der Waals surface area (Å²) in [5, 5.41) is 2.84. The van der Waals surface area contributed by atoms with Crippen LogP contribution in [0.25, 0.3) is 11.1 Å². The van der Waals surface area contributed by atoms with Gasteiger partial charge >= 0.3 is 5.76 Å². The van der Waals surface area contributed by atoms with Gasteiger partial charge in [-0.05, 0) is 30.9 Å². The Bertz CT molecular complexity index is 971. The van der Waals surface area contributed by atoms with Gasteiger partial charge in [-0.15, -0.1) is 0 Å². The van der Waals surface area contributed by atoms with Crippen molar-refractivity contribution in [1.82, 2.24) is 18.5 Å². The predicted octanol–water partition coefficient (Wildman–Crippen LogP) is 0.229. The summed E-state index contributed by atoms with van der Waals surface area (Å²) in [6.45, 7) is 1.22. The molecule has 1 aromatic carbocycles. The van der Waals surface area contributed by atoms with Gasteiger partial charge < -0.3 is 9.73 Å². The van der Waals surface area contributed by atoms with Crippen LogP contribution in [0.5, 0.6) is 0 Å². The van der Waals surface area contributed by atoms with Crippen molar-refractivity contribution in [3.05, 3.63) is 34.8 Å². The van der Waals surface area contributed by atoms with Gasteiger partial charge in [-0.2, -0.15) is 17.0 Å². The molecule has 1 aromatic heterocycles. The minimum absolute atomic E-state index is 0.107. The van der Waals surface area contributed by atoms with Crippen molar-refractivity contribution < 1.29 is 17.6 Å². The highest BCUT2D eigenvalue weighted by Crippen LogP contribution is 2.20. The van der Waals surface area contributed by atoms with E-state index in [9.17, 15) is 18.0 Å². The molecule has 1 aliphatic rings. The summed E-state index contributed by atoms with van der Waals surface area (Å²) >= 11 is 0. The van der Waals surface area contributed by atoms with E-state index in [0.29, 0.717) is 43.6 Å². The Balaban J connectivity index is 1.52. The van der Waals surface area contributed by atoms with Crippen LogP contribution >= 0.6 is 0 Å². The first-order valence-electron chi connectivity index (χ1n) is 8.81. The van der Waals surface area contributed by atoms with E-state index in [-0.39, 0.29) is 18.4 Å². The van der Waals surface area contributed by atoms with E-state index in [2.05, 4.69) is 5.32 Å². The second kappa shape index (κ2) is 7.83. The van der Waals surface area contributed by atoms with Gasteiger partial charge in [-0.1, -0.05) is 12.1 Å². The van der Waals surface area contributed by atoms with Gasteiger partial charge in [0.15, 0.2) is 5.58 Å². The fourth-order valence-electron chi connectivity index (χ4n) is 3.20. The Morgan fingerprint density at radius 3 is 2.59 bits per heavy atom. The second-order valence-corrected chi connectivity index (χ2v) is 9.00. The Morgan fingerprint density at radius 2 is 1.93 bits per heavy atom. The fraction of sp³-hybridized carbons (Fsp3) is 0.529. The first-order chi connectivity index (χ1) is 12.8. The maximum Gasteiger partial charge on any atom is 0.420 e. The number of rotatable bonds is 6. The normalized spacial score (nSPS) is 16.9. The topological polar surface area (TPSA) is 105 Å². The third kappa shape index (κ3) is 4.23. The summed E-state index contributed by atoms with van der Waals surface area (Å²) in [6, 6.07) is 6.95. The quantitative estimate of drug-likeness (QED) is 0.753. The van der Waals surface area contributed by atoms with Crippen molar-refractivity contribution in [3.8, 4) is 0 Å². The van der Waals surface area contributed by atoms with Gasteiger partial charge in [0.25, 0.3) is 10.2 Å². The molecule has 1 N–H and O–H groups in total. The molecule has 1 fully saturated rings. The number of amides is 1. The summed E-state index contributed by atoms with van der Waals surface area (Å²) in [5.74, 6) is -0.624. The van der Waals surface area contributed by atoms with E-state index in [4.69, 9.17) is 4.42 Å². The van der Waals surface area contributed by atoms with E-state index in [1.807, 2.05) is 0 Å². The number of hydrogen-bond donors (Lipinski definition) is 1. The first kappa shape index (κ1) is 19.6. The van der Waals surface area contributed by atoms with E-state index in [1.165, 1.54) is 27.3 Å². The zero-order valence-electron chi connectivity index (χ0n) is 15.4. The molecule has 0 radical (unpaired) electrons. The van der Waals surface area contributed by atoms with Gasteiger partial charge in [0.2, 0.25) is 5.91 Å². The lowest BCUT2D eigenvalue weighted by molar-refractivity contribution is -0.121. The lowest BCUT2D eigenvalue weighted by Gasteiger charge is -2.32. The molecule has 27 heavy (non-hydrogen) atoms. The Kier molecular flexibility index (Phi) is 5.68. The molecule has 0 bridgehead atoms. The average Bonchev–Trinajstić information content (AvgIpc) is 2.95. The minimum atomic E-state index is -3.38. The highest BCUT2D eigenvalue weighted by atomic mass is 32.2. The average molecular weight is 396 g/mol. The summed E-state index contributed by atoms with van der Waals surface area (Å²) in [5.41, 5.74) is 1.03. The van der Waals surface area contributed by atoms with Gasteiger partial charge in [0.05, 0.1) is 5.52 Å². The molecule has 10 heteroatoms. The maximum absolute atomic E-state index is 12.2. The Morgan fingerprint density at radius 1 is 1.26 bits per heavy atom. The van der Waals surface area contributed by atoms with E-state index in [0.717, 1.165) is 0 Å². The number of fused-ring (bicyclic) bond motifs is 1. The molecule has 0 aliphatic carbocycles. The number of oxazole rings is 1. The zero-order valence-corrected chi connectivity index (χ0v) is 16.2. The zero-order chi connectivity index (χ0) is 19.6. The third-order valence-corrected chi connectivity index (χ3v) is 6.77. The fourth-order valence-corrected chi connectivity index (χ4v) is 4.33. The highest BCUT2D eigenvalue weighted by Gasteiger charge is 2.29. The largest absolute Gasteiger partial charge is 0.420 e. The molecule has 2 aromatic rings. The van der Waals surface area contributed by atoms with Crippen LogP contribution in [0.1, 0.15) is 12.8 Å². The molecular weight excluding hydrogens is 372 g/mol. The van der Waals surface area contributed by atoms with Crippen molar-refractivity contribution in [2.24, 2.45) is 5.92 Å². The minimum Gasteiger partial charge on any atom is -0.408 e. The predicted molar refractivity (Wildman–Crippen MR) is 100 cm³/mol. The monoisotopic (exact) mass is 396 g/mol. The number of aromatic nitrogens is 1. The molecule has 0 saturated carbocycles. The second-order valence-electron chi connectivity index (χ2n) is 6.86. The standard InChI is InChI=1S/C17H24N4O5S/c1-19(2)27(24,25)20-9-7-13(8-10-20)11-18-16(22)12-21-14-5-3-4-6-15(14)26-17(21)23/h3-6,13H,7-12H2,1-2H3,(H,18,22). The molecule has 3 rings (SSSR count). The number of nitrogens with one attached hydrogen (secondary N) is 1. The van der Waals surface area contributed by atoms with Gasteiger partial charge in [-0.25, -0.2) is 4.79 Å². The number of carbonyl (C=O) groups excluding carboxylic acids is 1. The number of benzene rings is 1. The van der Waals surface area contributed by atoms with Gasteiger partial charge in [-0.3, -0.25) is 9.36 Å². The molecule has 1 saturated heterocycles. The summed E-state index contributed by atoms with van der Waals surface area (Å²) in [7, 11) is -0.350. The molecule has 0 unspecified atom stereocenters.